The van der Waals surface area contributed by atoms with E-state index >= 15 is 0 Å². The lowest BCUT2D eigenvalue weighted by Gasteiger charge is -2.34. The third kappa shape index (κ3) is 4.41. The molecule has 1 N–H and O–H groups in total. The van der Waals surface area contributed by atoms with E-state index in [1.807, 2.05) is 18.2 Å². The van der Waals surface area contributed by atoms with Crippen molar-refractivity contribution in [1.29, 1.82) is 0 Å². The lowest BCUT2D eigenvalue weighted by Crippen LogP contribution is -2.44. The standard InChI is InChI=1S/C26H27N11O/c1-3-13-35-25(38)21-18-27-26(30-19-7-9-20(10-8-19)34-16-14-33(2)15-17-34)32-24(21)36(35)22-5-4-6-23(31-22)37-28-11-12-29-37/h3-12,18H,1,13-17H2,2H3,(H,27,30,32). The number of hydrogen-bond acceptors (Lipinski definition) is 9. The lowest BCUT2D eigenvalue weighted by atomic mass is 10.2. The van der Waals surface area contributed by atoms with E-state index in [2.05, 4.69) is 61.0 Å². The van der Waals surface area contributed by atoms with E-state index in [1.54, 1.807) is 41.5 Å². The Kier molecular flexibility index (Phi) is 6.14. The fraction of sp³-hybridized carbons (Fsp3) is 0.231. The first-order chi connectivity index (χ1) is 18.6. The normalized spacial score (nSPS) is 14.2. The van der Waals surface area contributed by atoms with Crippen LogP contribution >= 0.6 is 0 Å². The molecule has 1 aromatic carbocycles. The largest absolute Gasteiger partial charge is 0.369 e. The third-order valence-corrected chi connectivity index (χ3v) is 6.53. The predicted octanol–water partition coefficient (Wildman–Crippen LogP) is 2.24. The Morgan fingerprint density at radius 1 is 0.974 bits per heavy atom. The Morgan fingerprint density at radius 2 is 1.71 bits per heavy atom. The van der Waals surface area contributed by atoms with Crippen molar-refractivity contribution in [3.8, 4) is 11.6 Å². The fourth-order valence-corrected chi connectivity index (χ4v) is 4.53. The summed E-state index contributed by atoms with van der Waals surface area (Å²) in [7, 11) is 2.15. The van der Waals surface area contributed by atoms with Crippen molar-refractivity contribution in [2.24, 2.45) is 0 Å². The van der Waals surface area contributed by atoms with Gasteiger partial charge in [-0.25, -0.2) is 19.3 Å². The van der Waals surface area contributed by atoms with Gasteiger partial charge in [0.25, 0.3) is 5.56 Å². The van der Waals surface area contributed by atoms with E-state index in [0.717, 1.165) is 31.9 Å². The second-order valence-corrected chi connectivity index (χ2v) is 9.05. The maximum Gasteiger partial charge on any atom is 0.278 e. The van der Waals surface area contributed by atoms with Crippen LogP contribution in [0.2, 0.25) is 0 Å². The number of nitrogens with one attached hydrogen (secondary N) is 1. The van der Waals surface area contributed by atoms with E-state index in [1.165, 1.54) is 15.2 Å². The topological polar surface area (TPSA) is 115 Å². The van der Waals surface area contributed by atoms with Gasteiger partial charge in [-0.2, -0.15) is 15.2 Å². The number of fused-ring (bicyclic) bond motifs is 1. The molecular weight excluding hydrogens is 482 g/mol. The van der Waals surface area contributed by atoms with Gasteiger partial charge in [-0.1, -0.05) is 12.1 Å². The smallest absolute Gasteiger partial charge is 0.278 e. The molecule has 1 saturated heterocycles. The summed E-state index contributed by atoms with van der Waals surface area (Å²) >= 11 is 0. The molecule has 192 valence electrons. The van der Waals surface area contributed by atoms with Crippen LogP contribution in [0.5, 0.6) is 0 Å². The molecule has 0 bridgehead atoms. The number of piperazine rings is 1. The molecule has 0 aliphatic carbocycles. The first-order valence-electron chi connectivity index (χ1n) is 12.3. The van der Waals surface area contributed by atoms with Crippen molar-refractivity contribution in [3.63, 3.8) is 0 Å². The van der Waals surface area contributed by atoms with Gasteiger partial charge in [0.05, 0.1) is 18.9 Å². The highest BCUT2D eigenvalue weighted by Crippen LogP contribution is 2.22. The average Bonchev–Trinajstić information content (AvgIpc) is 3.57. The molecule has 38 heavy (non-hydrogen) atoms. The minimum Gasteiger partial charge on any atom is -0.369 e. The van der Waals surface area contributed by atoms with Crippen LogP contribution < -0.4 is 15.8 Å². The molecule has 4 aromatic heterocycles. The van der Waals surface area contributed by atoms with Crippen LogP contribution in [0.1, 0.15) is 0 Å². The van der Waals surface area contributed by atoms with E-state index in [0.29, 0.717) is 28.6 Å². The maximum atomic E-state index is 13.2. The first kappa shape index (κ1) is 23.6. The molecule has 12 nitrogen and oxygen atoms in total. The Balaban J connectivity index is 1.35. The number of likely N-dealkylation sites (N-methyl/N-ethyl adjacent to an activating group) is 1. The van der Waals surface area contributed by atoms with Crippen LogP contribution in [0.25, 0.3) is 22.7 Å². The summed E-state index contributed by atoms with van der Waals surface area (Å²) in [5.74, 6) is 1.38. The zero-order valence-corrected chi connectivity index (χ0v) is 21.0. The van der Waals surface area contributed by atoms with E-state index in [-0.39, 0.29) is 12.1 Å². The van der Waals surface area contributed by atoms with Crippen molar-refractivity contribution in [1.82, 2.24) is 44.2 Å². The molecule has 0 saturated carbocycles. The van der Waals surface area contributed by atoms with Crippen LogP contribution in [-0.4, -0.2) is 77.4 Å². The average molecular weight is 510 g/mol. The SMILES string of the molecule is C=CCn1c(=O)c2cnc(Nc3ccc(N4CCN(C)CC4)cc3)nc2n1-c1cccc(-n2nccn2)n1. The molecule has 12 heteroatoms. The highest BCUT2D eigenvalue weighted by atomic mass is 16.1. The summed E-state index contributed by atoms with van der Waals surface area (Å²) in [5, 5.41) is 12.0. The lowest BCUT2D eigenvalue weighted by molar-refractivity contribution is 0.313. The summed E-state index contributed by atoms with van der Waals surface area (Å²) in [6.07, 6.45) is 6.36. The Bertz CT molecular complexity index is 1630. The summed E-state index contributed by atoms with van der Waals surface area (Å²) in [4.78, 5) is 33.2. The monoisotopic (exact) mass is 509 g/mol. The van der Waals surface area contributed by atoms with Gasteiger partial charge < -0.3 is 15.1 Å². The second kappa shape index (κ2) is 9.90. The third-order valence-electron chi connectivity index (χ3n) is 6.53. The molecular formula is C26H27N11O. The van der Waals surface area contributed by atoms with Crippen molar-refractivity contribution >= 4 is 28.4 Å². The summed E-state index contributed by atoms with van der Waals surface area (Å²) in [6, 6.07) is 13.6. The maximum absolute atomic E-state index is 13.2. The van der Waals surface area contributed by atoms with Gasteiger partial charge in [-0.05, 0) is 43.4 Å². The van der Waals surface area contributed by atoms with E-state index in [9.17, 15) is 4.79 Å². The molecule has 0 radical (unpaired) electrons. The van der Waals surface area contributed by atoms with E-state index in [4.69, 9.17) is 4.98 Å². The number of allylic oxidation sites excluding steroid dienone is 1. The molecule has 1 aliphatic rings. The van der Waals surface area contributed by atoms with Gasteiger partial charge in [0.2, 0.25) is 5.95 Å². The molecule has 0 spiro atoms. The molecule has 5 heterocycles. The van der Waals surface area contributed by atoms with Crippen molar-refractivity contribution in [2.45, 2.75) is 6.54 Å². The Morgan fingerprint density at radius 3 is 2.45 bits per heavy atom. The summed E-state index contributed by atoms with van der Waals surface area (Å²) in [6.45, 7) is 8.20. The number of benzene rings is 1. The fourth-order valence-electron chi connectivity index (χ4n) is 4.53. The number of anilines is 3. The Hall–Kier alpha value is -4.84. The van der Waals surface area contributed by atoms with Crippen LogP contribution in [0.3, 0.4) is 0 Å². The van der Waals surface area contributed by atoms with Crippen molar-refractivity contribution < 1.29 is 0 Å². The minimum atomic E-state index is -0.229. The minimum absolute atomic E-state index is 0.229. The molecule has 0 atom stereocenters. The molecule has 1 aliphatic heterocycles. The zero-order chi connectivity index (χ0) is 26.1. The first-order valence-corrected chi connectivity index (χ1v) is 12.3. The number of aromatic nitrogens is 8. The van der Waals surface area contributed by atoms with Crippen LogP contribution in [0, 0.1) is 0 Å². The predicted molar refractivity (Wildman–Crippen MR) is 145 cm³/mol. The summed E-state index contributed by atoms with van der Waals surface area (Å²) < 4.78 is 3.21. The number of pyridine rings is 1. The van der Waals surface area contributed by atoms with Crippen molar-refractivity contribution in [2.75, 3.05) is 43.4 Å². The molecule has 6 rings (SSSR count). The van der Waals surface area contributed by atoms with Crippen LogP contribution in [-0.2, 0) is 6.54 Å². The van der Waals surface area contributed by atoms with Gasteiger partial charge in [-0.3, -0.25) is 4.79 Å². The molecule has 5 aromatic rings. The quantitative estimate of drug-likeness (QED) is 0.330. The van der Waals surface area contributed by atoms with Gasteiger partial charge >= 0.3 is 0 Å². The molecule has 0 amide bonds. The molecule has 0 unspecified atom stereocenters. The summed E-state index contributed by atoms with van der Waals surface area (Å²) in [5.41, 5.74) is 2.24. The highest BCUT2D eigenvalue weighted by Gasteiger charge is 2.19. The number of hydrogen-bond donors (Lipinski definition) is 1. The second-order valence-electron chi connectivity index (χ2n) is 9.05. The van der Waals surface area contributed by atoms with E-state index < -0.39 is 0 Å². The molecule has 1 fully saturated rings. The highest BCUT2D eigenvalue weighted by molar-refractivity contribution is 5.77. The van der Waals surface area contributed by atoms with Gasteiger partial charge in [0.15, 0.2) is 17.3 Å². The van der Waals surface area contributed by atoms with Crippen LogP contribution in [0.4, 0.5) is 17.3 Å². The Labute approximate surface area is 218 Å². The van der Waals surface area contributed by atoms with Gasteiger partial charge in [0, 0.05) is 43.8 Å². The van der Waals surface area contributed by atoms with Gasteiger partial charge in [0.1, 0.15) is 5.39 Å². The number of nitrogens with zero attached hydrogens (tertiary/aromatic N) is 10. The van der Waals surface area contributed by atoms with Crippen molar-refractivity contribution in [3.05, 3.63) is 84.1 Å². The number of rotatable bonds is 7. The van der Waals surface area contributed by atoms with Gasteiger partial charge in [-0.15, -0.1) is 11.4 Å². The van der Waals surface area contributed by atoms with Crippen LogP contribution in [0.15, 0.2) is 78.5 Å². The zero-order valence-electron chi connectivity index (χ0n) is 21.0.